The van der Waals surface area contributed by atoms with Crippen LogP contribution in [0.1, 0.15) is 24.0 Å². The Hall–Kier alpha value is -3.72. The highest BCUT2D eigenvalue weighted by Gasteiger charge is 2.10. The van der Waals surface area contributed by atoms with Crippen LogP contribution in [-0.2, 0) is 14.4 Å². The number of nitro benzene ring substituents is 1. The third kappa shape index (κ3) is 7.02. The van der Waals surface area contributed by atoms with Crippen molar-refractivity contribution in [1.29, 1.82) is 0 Å². The molecule has 0 aliphatic carbocycles. The van der Waals surface area contributed by atoms with Crippen molar-refractivity contribution in [2.75, 3.05) is 5.32 Å². The van der Waals surface area contributed by atoms with Gasteiger partial charge >= 0.3 is 0 Å². The van der Waals surface area contributed by atoms with Gasteiger partial charge in [-0.15, -0.1) is 0 Å². The highest BCUT2D eigenvalue weighted by atomic mass is 35.5. The number of hydrazine groups is 1. The summed E-state index contributed by atoms with van der Waals surface area (Å²) in [5, 5.41) is 13.9. The predicted molar refractivity (Wildman–Crippen MR) is 112 cm³/mol. The Labute approximate surface area is 177 Å². The van der Waals surface area contributed by atoms with Crippen molar-refractivity contribution in [3.63, 3.8) is 0 Å². The lowest BCUT2D eigenvalue weighted by molar-refractivity contribution is -0.384. The van der Waals surface area contributed by atoms with Gasteiger partial charge in [-0.3, -0.25) is 35.3 Å². The van der Waals surface area contributed by atoms with Gasteiger partial charge in [-0.25, -0.2) is 0 Å². The second kappa shape index (κ2) is 10.7. The maximum atomic E-state index is 12.0. The van der Waals surface area contributed by atoms with Crippen LogP contribution in [0.2, 0.25) is 5.02 Å². The van der Waals surface area contributed by atoms with E-state index in [2.05, 4.69) is 16.2 Å². The van der Waals surface area contributed by atoms with E-state index in [0.717, 1.165) is 11.6 Å². The molecule has 10 heteroatoms. The van der Waals surface area contributed by atoms with Gasteiger partial charge in [0.1, 0.15) is 0 Å². The zero-order valence-electron chi connectivity index (χ0n) is 16.0. The fourth-order valence-electron chi connectivity index (χ4n) is 2.33. The molecule has 0 radical (unpaired) electrons. The minimum atomic E-state index is -0.631. The molecular weight excluding hydrogens is 412 g/mol. The van der Waals surface area contributed by atoms with E-state index < -0.39 is 16.7 Å². The lowest BCUT2D eigenvalue weighted by Crippen LogP contribution is -2.41. The van der Waals surface area contributed by atoms with Crippen LogP contribution in [0, 0.1) is 17.0 Å². The Bertz CT molecular complexity index is 1010. The zero-order chi connectivity index (χ0) is 22.1. The number of anilines is 1. The van der Waals surface area contributed by atoms with Crippen LogP contribution in [0.4, 0.5) is 11.4 Å². The Balaban J connectivity index is 1.75. The molecule has 30 heavy (non-hydrogen) atoms. The number of carbonyl (C=O) groups is 3. The van der Waals surface area contributed by atoms with Crippen LogP contribution >= 0.6 is 11.6 Å². The first kappa shape index (κ1) is 22.6. The highest BCUT2D eigenvalue weighted by molar-refractivity contribution is 6.31. The Kier molecular flexibility index (Phi) is 8.07. The summed E-state index contributed by atoms with van der Waals surface area (Å²) in [4.78, 5) is 45.7. The summed E-state index contributed by atoms with van der Waals surface area (Å²) >= 11 is 5.99. The topological polar surface area (TPSA) is 130 Å². The molecule has 0 spiro atoms. The zero-order valence-corrected chi connectivity index (χ0v) is 16.7. The van der Waals surface area contributed by atoms with Crippen molar-refractivity contribution in [2.24, 2.45) is 0 Å². The predicted octanol–water partition coefficient (Wildman–Crippen LogP) is 3.14. The Morgan fingerprint density at radius 1 is 1.07 bits per heavy atom. The Morgan fingerprint density at radius 2 is 1.77 bits per heavy atom. The molecular formula is C20H19ClN4O5. The minimum Gasteiger partial charge on any atom is -0.326 e. The van der Waals surface area contributed by atoms with Crippen LogP contribution in [0.5, 0.6) is 0 Å². The molecule has 3 amide bonds. The number of amides is 3. The molecule has 0 bridgehead atoms. The van der Waals surface area contributed by atoms with Crippen LogP contribution in [-0.4, -0.2) is 22.6 Å². The van der Waals surface area contributed by atoms with E-state index in [4.69, 9.17) is 11.6 Å². The van der Waals surface area contributed by atoms with Gasteiger partial charge in [0.2, 0.25) is 11.8 Å². The normalized spacial score (nSPS) is 10.5. The molecule has 0 heterocycles. The van der Waals surface area contributed by atoms with Gasteiger partial charge in [0.05, 0.1) is 4.92 Å². The number of carbonyl (C=O) groups excluding carboxylic acids is 3. The first-order valence-corrected chi connectivity index (χ1v) is 9.20. The standard InChI is InChI=1S/C20H19ClN4O5/c1-13-16(21)6-3-7-17(13)22-18(26)10-11-20(28)24-23-19(27)9-8-14-4-2-5-15(12-14)25(29)30/h2-9,12H,10-11H2,1H3,(H,22,26)(H,23,27)(H,24,28)/b9-8+. The molecule has 0 aromatic heterocycles. The van der Waals surface area contributed by atoms with E-state index >= 15 is 0 Å². The van der Waals surface area contributed by atoms with E-state index in [-0.39, 0.29) is 24.4 Å². The van der Waals surface area contributed by atoms with Gasteiger partial charge in [-0.05, 0) is 36.3 Å². The third-order valence-electron chi connectivity index (χ3n) is 3.95. The highest BCUT2D eigenvalue weighted by Crippen LogP contribution is 2.23. The van der Waals surface area contributed by atoms with E-state index in [1.165, 1.54) is 24.3 Å². The van der Waals surface area contributed by atoms with E-state index in [9.17, 15) is 24.5 Å². The van der Waals surface area contributed by atoms with Crippen LogP contribution in [0.3, 0.4) is 0 Å². The van der Waals surface area contributed by atoms with Crippen molar-refractivity contribution in [1.82, 2.24) is 10.9 Å². The first-order valence-electron chi connectivity index (χ1n) is 8.82. The molecule has 3 N–H and O–H groups in total. The van der Waals surface area contributed by atoms with Crippen molar-refractivity contribution < 1.29 is 19.3 Å². The summed E-state index contributed by atoms with van der Waals surface area (Å²) in [6.45, 7) is 1.77. The summed E-state index contributed by atoms with van der Waals surface area (Å²) in [5.41, 5.74) is 6.00. The third-order valence-corrected chi connectivity index (χ3v) is 4.36. The van der Waals surface area contributed by atoms with Crippen molar-refractivity contribution >= 4 is 46.8 Å². The number of hydrogen-bond donors (Lipinski definition) is 3. The molecule has 0 saturated carbocycles. The van der Waals surface area contributed by atoms with Crippen molar-refractivity contribution in [3.05, 3.63) is 74.8 Å². The second-order valence-electron chi connectivity index (χ2n) is 6.18. The van der Waals surface area contributed by atoms with Crippen molar-refractivity contribution in [2.45, 2.75) is 19.8 Å². The molecule has 9 nitrogen and oxygen atoms in total. The molecule has 0 aliphatic heterocycles. The first-order chi connectivity index (χ1) is 14.3. The smallest absolute Gasteiger partial charge is 0.270 e. The number of non-ortho nitro benzene ring substituents is 1. The SMILES string of the molecule is Cc1c(Cl)cccc1NC(=O)CCC(=O)NNC(=O)/C=C/c1cccc([N+](=O)[O-])c1. The van der Waals surface area contributed by atoms with Gasteiger partial charge in [0, 0.05) is 41.8 Å². The Morgan fingerprint density at radius 3 is 2.50 bits per heavy atom. The molecule has 2 aromatic carbocycles. The average molecular weight is 431 g/mol. The number of hydrogen-bond acceptors (Lipinski definition) is 5. The van der Waals surface area contributed by atoms with E-state index in [0.29, 0.717) is 16.3 Å². The van der Waals surface area contributed by atoms with Crippen LogP contribution < -0.4 is 16.2 Å². The molecule has 0 saturated heterocycles. The maximum absolute atomic E-state index is 12.0. The quantitative estimate of drug-likeness (QED) is 0.353. The fourth-order valence-corrected chi connectivity index (χ4v) is 2.51. The van der Waals surface area contributed by atoms with Crippen molar-refractivity contribution in [3.8, 4) is 0 Å². The number of rotatable bonds is 7. The van der Waals surface area contributed by atoms with Gasteiger partial charge in [0.15, 0.2) is 0 Å². The summed E-state index contributed by atoms with van der Waals surface area (Å²) in [7, 11) is 0. The minimum absolute atomic E-state index is 0.0861. The van der Waals surface area contributed by atoms with Crippen LogP contribution in [0.25, 0.3) is 6.08 Å². The lowest BCUT2D eigenvalue weighted by atomic mass is 10.2. The van der Waals surface area contributed by atoms with Crippen LogP contribution in [0.15, 0.2) is 48.5 Å². The van der Waals surface area contributed by atoms with E-state index in [1.54, 1.807) is 31.2 Å². The molecule has 0 fully saturated rings. The maximum Gasteiger partial charge on any atom is 0.270 e. The molecule has 0 atom stereocenters. The molecule has 2 aromatic rings. The van der Waals surface area contributed by atoms with Gasteiger partial charge in [-0.1, -0.05) is 29.8 Å². The monoisotopic (exact) mass is 430 g/mol. The number of nitrogens with zero attached hydrogens (tertiary/aromatic N) is 1. The number of nitro groups is 1. The van der Waals surface area contributed by atoms with Gasteiger partial charge < -0.3 is 5.32 Å². The number of nitrogens with one attached hydrogen (secondary N) is 3. The van der Waals surface area contributed by atoms with Gasteiger partial charge in [0.25, 0.3) is 11.6 Å². The molecule has 0 unspecified atom stereocenters. The second-order valence-corrected chi connectivity index (χ2v) is 6.59. The largest absolute Gasteiger partial charge is 0.326 e. The number of halogens is 1. The summed E-state index contributed by atoms with van der Waals surface area (Å²) < 4.78 is 0. The fraction of sp³-hybridized carbons (Fsp3) is 0.150. The summed E-state index contributed by atoms with van der Waals surface area (Å²) in [6.07, 6.45) is 2.26. The lowest BCUT2D eigenvalue weighted by Gasteiger charge is -2.09. The molecule has 0 aliphatic rings. The van der Waals surface area contributed by atoms with Gasteiger partial charge in [-0.2, -0.15) is 0 Å². The number of benzene rings is 2. The average Bonchev–Trinajstić information content (AvgIpc) is 2.72. The molecule has 2 rings (SSSR count). The summed E-state index contributed by atoms with van der Waals surface area (Å²) in [6, 6.07) is 10.8. The molecule has 156 valence electrons. The van der Waals surface area contributed by atoms with E-state index in [1.807, 2.05) is 0 Å². The summed E-state index contributed by atoms with van der Waals surface area (Å²) in [5.74, 6) is -1.55.